The summed E-state index contributed by atoms with van der Waals surface area (Å²) in [5.74, 6) is 1.22. The largest absolute Gasteiger partial charge is 0.381 e. The molecule has 0 atom stereocenters. The molecule has 0 spiro atoms. The maximum Gasteiger partial charge on any atom is 0.188 e. The van der Waals surface area contributed by atoms with Gasteiger partial charge in [-0.3, -0.25) is 9.89 Å². The van der Waals surface area contributed by atoms with Gasteiger partial charge in [0.15, 0.2) is 5.96 Å². The molecular weight excluding hydrogens is 256 g/mol. The minimum atomic E-state index is 0.582. The highest BCUT2D eigenvalue weighted by atomic mass is 16.5. The molecule has 2 saturated heterocycles. The number of guanidine groups is 1. The second-order valence-electron chi connectivity index (χ2n) is 5.52. The van der Waals surface area contributed by atoms with Crippen LogP contribution in [0, 0.1) is 5.92 Å². The molecule has 116 valence electrons. The Bertz CT molecular complexity index is 287. The lowest BCUT2D eigenvalue weighted by atomic mass is 10.0. The fourth-order valence-corrected chi connectivity index (χ4v) is 2.56. The molecule has 0 saturated carbocycles. The van der Waals surface area contributed by atoms with Gasteiger partial charge in [0, 0.05) is 39.4 Å². The minimum Gasteiger partial charge on any atom is -0.381 e. The fourth-order valence-electron chi connectivity index (χ4n) is 2.56. The van der Waals surface area contributed by atoms with Crippen molar-refractivity contribution in [3.8, 4) is 0 Å². The van der Waals surface area contributed by atoms with E-state index >= 15 is 0 Å². The first-order valence-corrected chi connectivity index (χ1v) is 7.76. The van der Waals surface area contributed by atoms with Gasteiger partial charge in [-0.1, -0.05) is 0 Å². The van der Waals surface area contributed by atoms with Crippen molar-refractivity contribution < 1.29 is 9.47 Å². The van der Waals surface area contributed by atoms with Gasteiger partial charge in [-0.05, 0) is 31.7 Å². The van der Waals surface area contributed by atoms with Gasteiger partial charge in [-0.25, -0.2) is 0 Å². The summed E-state index contributed by atoms with van der Waals surface area (Å²) < 4.78 is 10.7. The van der Waals surface area contributed by atoms with Crippen LogP contribution in [0.5, 0.6) is 0 Å². The van der Waals surface area contributed by atoms with Crippen molar-refractivity contribution in [1.82, 2.24) is 10.2 Å². The van der Waals surface area contributed by atoms with E-state index in [4.69, 9.17) is 15.2 Å². The topological polar surface area (TPSA) is 72.1 Å². The number of hydrogen-bond donors (Lipinski definition) is 2. The summed E-state index contributed by atoms with van der Waals surface area (Å²) in [5.41, 5.74) is 5.88. The number of morpholine rings is 1. The molecular formula is C14H28N4O2. The van der Waals surface area contributed by atoms with Crippen LogP contribution in [0.2, 0.25) is 0 Å². The minimum absolute atomic E-state index is 0.582. The average molecular weight is 284 g/mol. The molecule has 0 aliphatic carbocycles. The van der Waals surface area contributed by atoms with Gasteiger partial charge in [0.05, 0.1) is 13.2 Å². The maximum atomic E-state index is 5.88. The summed E-state index contributed by atoms with van der Waals surface area (Å²) in [6.45, 7) is 8.38. The number of nitrogens with zero attached hydrogens (tertiary/aromatic N) is 2. The zero-order chi connectivity index (χ0) is 14.0. The summed E-state index contributed by atoms with van der Waals surface area (Å²) in [7, 11) is 0. The molecule has 0 amide bonds. The van der Waals surface area contributed by atoms with Crippen molar-refractivity contribution >= 4 is 5.96 Å². The predicted octanol–water partition coefficient (Wildman–Crippen LogP) is 0.0396. The summed E-state index contributed by atoms with van der Waals surface area (Å²) in [6, 6.07) is 0. The molecule has 0 bridgehead atoms. The van der Waals surface area contributed by atoms with Crippen LogP contribution < -0.4 is 11.1 Å². The Morgan fingerprint density at radius 3 is 2.60 bits per heavy atom. The molecule has 2 aliphatic rings. The molecule has 0 aromatic carbocycles. The van der Waals surface area contributed by atoms with Crippen LogP contribution in [-0.4, -0.2) is 70.0 Å². The van der Waals surface area contributed by atoms with Gasteiger partial charge >= 0.3 is 0 Å². The lowest BCUT2D eigenvalue weighted by Gasteiger charge is -2.26. The monoisotopic (exact) mass is 284 g/mol. The third-order valence-electron chi connectivity index (χ3n) is 3.92. The molecule has 0 unspecified atom stereocenters. The van der Waals surface area contributed by atoms with Crippen molar-refractivity contribution in [2.45, 2.75) is 19.3 Å². The second kappa shape index (κ2) is 9.15. The second-order valence-corrected chi connectivity index (χ2v) is 5.52. The highest BCUT2D eigenvalue weighted by Gasteiger charge is 2.13. The Balaban J connectivity index is 1.51. The quantitative estimate of drug-likeness (QED) is 0.409. The SMILES string of the molecule is NC(=NCC1CCOCC1)NCCCN1CCOCC1. The lowest BCUT2D eigenvalue weighted by Crippen LogP contribution is -2.39. The van der Waals surface area contributed by atoms with Crippen LogP contribution in [0.15, 0.2) is 4.99 Å². The van der Waals surface area contributed by atoms with Crippen molar-refractivity contribution in [1.29, 1.82) is 0 Å². The first-order chi connectivity index (χ1) is 9.84. The van der Waals surface area contributed by atoms with Gasteiger partial charge in [-0.2, -0.15) is 0 Å². The average Bonchev–Trinajstić information content (AvgIpc) is 2.52. The smallest absolute Gasteiger partial charge is 0.188 e. The molecule has 3 N–H and O–H groups in total. The fraction of sp³-hybridized carbons (Fsp3) is 0.929. The first kappa shape index (κ1) is 15.5. The maximum absolute atomic E-state index is 5.88. The molecule has 2 rings (SSSR count). The van der Waals surface area contributed by atoms with Gasteiger partial charge < -0.3 is 20.5 Å². The number of ether oxygens (including phenoxy) is 2. The van der Waals surface area contributed by atoms with Crippen molar-refractivity contribution in [2.75, 3.05) is 59.2 Å². The number of rotatable bonds is 6. The van der Waals surface area contributed by atoms with E-state index in [0.29, 0.717) is 11.9 Å². The zero-order valence-electron chi connectivity index (χ0n) is 12.4. The lowest BCUT2D eigenvalue weighted by molar-refractivity contribution is 0.0376. The molecule has 2 aliphatic heterocycles. The van der Waals surface area contributed by atoms with E-state index in [1.165, 1.54) is 0 Å². The van der Waals surface area contributed by atoms with E-state index in [0.717, 1.165) is 78.4 Å². The van der Waals surface area contributed by atoms with E-state index < -0.39 is 0 Å². The molecule has 0 aromatic rings. The Labute approximate surface area is 121 Å². The molecule has 0 aromatic heterocycles. The van der Waals surface area contributed by atoms with E-state index in [9.17, 15) is 0 Å². The number of nitrogens with two attached hydrogens (primary N) is 1. The van der Waals surface area contributed by atoms with Crippen LogP contribution in [0.3, 0.4) is 0 Å². The van der Waals surface area contributed by atoms with Crippen molar-refractivity contribution in [3.63, 3.8) is 0 Å². The van der Waals surface area contributed by atoms with Crippen molar-refractivity contribution in [2.24, 2.45) is 16.6 Å². The van der Waals surface area contributed by atoms with E-state index in [1.807, 2.05) is 0 Å². The van der Waals surface area contributed by atoms with Crippen LogP contribution in [0.4, 0.5) is 0 Å². The Kier molecular flexibility index (Phi) is 7.11. The predicted molar refractivity (Wildman–Crippen MR) is 79.9 cm³/mol. The first-order valence-electron chi connectivity index (χ1n) is 7.76. The molecule has 2 fully saturated rings. The van der Waals surface area contributed by atoms with Gasteiger partial charge in [-0.15, -0.1) is 0 Å². The molecule has 6 heteroatoms. The Morgan fingerprint density at radius 2 is 1.85 bits per heavy atom. The summed E-state index contributed by atoms with van der Waals surface area (Å²) in [4.78, 5) is 6.86. The standard InChI is InChI=1S/C14H28N4O2/c15-14(17-12-13-2-8-19-9-3-13)16-4-1-5-18-6-10-20-11-7-18/h13H,1-12H2,(H3,15,16,17). The zero-order valence-corrected chi connectivity index (χ0v) is 12.4. The molecule has 2 heterocycles. The molecule has 20 heavy (non-hydrogen) atoms. The highest BCUT2D eigenvalue weighted by molar-refractivity contribution is 5.77. The summed E-state index contributed by atoms with van der Waals surface area (Å²) >= 11 is 0. The number of aliphatic imine (C=N–C) groups is 1. The van der Waals surface area contributed by atoms with Gasteiger partial charge in [0.2, 0.25) is 0 Å². The van der Waals surface area contributed by atoms with Crippen LogP contribution in [0.1, 0.15) is 19.3 Å². The van der Waals surface area contributed by atoms with Crippen LogP contribution in [0.25, 0.3) is 0 Å². The Morgan fingerprint density at radius 1 is 1.15 bits per heavy atom. The van der Waals surface area contributed by atoms with Crippen LogP contribution in [-0.2, 0) is 9.47 Å². The van der Waals surface area contributed by atoms with Gasteiger partial charge in [0.25, 0.3) is 0 Å². The van der Waals surface area contributed by atoms with E-state index in [-0.39, 0.29) is 0 Å². The third kappa shape index (κ3) is 6.07. The van der Waals surface area contributed by atoms with E-state index in [1.54, 1.807) is 0 Å². The van der Waals surface area contributed by atoms with E-state index in [2.05, 4.69) is 15.2 Å². The third-order valence-corrected chi connectivity index (χ3v) is 3.92. The van der Waals surface area contributed by atoms with Crippen molar-refractivity contribution in [3.05, 3.63) is 0 Å². The Hall–Kier alpha value is -0.850. The van der Waals surface area contributed by atoms with Gasteiger partial charge in [0.1, 0.15) is 0 Å². The number of nitrogens with one attached hydrogen (secondary N) is 1. The number of hydrogen-bond acceptors (Lipinski definition) is 4. The van der Waals surface area contributed by atoms with Crippen LogP contribution >= 0.6 is 0 Å². The molecule has 6 nitrogen and oxygen atoms in total. The summed E-state index contributed by atoms with van der Waals surface area (Å²) in [6.07, 6.45) is 3.30. The normalized spacial score (nSPS) is 22.9. The molecule has 0 radical (unpaired) electrons. The highest BCUT2D eigenvalue weighted by Crippen LogP contribution is 2.14. The summed E-state index contributed by atoms with van der Waals surface area (Å²) in [5, 5.41) is 3.20.